The summed E-state index contributed by atoms with van der Waals surface area (Å²) in [5.41, 5.74) is 3.20. The van der Waals surface area contributed by atoms with Crippen LogP contribution in [0.2, 0.25) is 0 Å². The minimum atomic E-state index is -1.41. The molecule has 308 valence electrons. The van der Waals surface area contributed by atoms with Crippen LogP contribution in [0.25, 0.3) is 0 Å². The van der Waals surface area contributed by atoms with Crippen LogP contribution in [0.4, 0.5) is 0 Å². The van der Waals surface area contributed by atoms with Gasteiger partial charge in [0.2, 0.25) is 18.0 Å². The average Bonchev–Trinajstić information content (AvgIpc) is 3.34. The van der Waals surface area contributed by atoms with Gasteiger partial charge in [0, 0.05) is 5.92 Å². The zero-order valence-electron chi connectivity index (χ0n) is 33.9. The van der Waals surface area contributed by atoms with Gasteiger partial charge in [-0.1, -0.05) is 188 Å². The monoisotopic (exact) mass is 820 g/mol. The van der Waals surface area contributed by atoms with Crippen LogP contribution < -0.4 is 16.0 Å². The summed E-state index contributed by atoms with van der Waals surface area (Å²) in [4.78, 5) is 42.4. The number of carbonyl (C=O) groups is 3. The van der Waals surface area contributed by atoms with Crippen LogP contribution in [0.5, 0.6) is 0 Å². The molecule has 10 heteroatoms. The quantitative estimate of drug-likeness (QED) is 0.0399. The van der Waals surface area contributed by atoms with Crippen LogP contribution in [-0.2, 0) is 39.7 Å². The predicted octanol–water partition coefficient (Wildman–Crippen LogP) is 5.68. The first-order chi connectivity index (χ1) is 30.4. The number of carbonyl (C=O) groups excluding carboxylic acids is 3. The van der Waals surface area contributed by atoms with Crippen molar-refractivity contribution in [3.8, 4) is 24.2 Å². The van der Waals surface area contributed by atoms with Crippen molar-refractivity contribution in [3.05, 3.63) is 215 Å². The van der Waals surface area contributed by atoms with E-state index in [1.54, 1.807) is 0 Å². The number of methoxy groups -OCH3 is 1. The molecule has 0 saturated carbocycles. The van der Waals surface area contributed by atoms with E-state index in [2.05, 4.69) is 33.7 Å². The van der Waals surface area contributed by atoms with Gasteiger partial charge in [-0.25, -0.2) is 4.79 Å². The number of esters is 1. The van der Waals surface area contributed by atoms with Crippen molar-refractivity contribution in [2.24, 2.45) is 0 Å². The van der Waals surface area contributed by atoms with Crippen LogP contribution in [0.15, 0.2) is 182 Å². The fraction of sp³-hybridized carbons (Fsp3) is 0.173. The van der Waals surface area contributed by atoms with Gasteiger partial charge in [-0.15, -0.1) is 6.42 Å². The molecule has 0 radical (unpaired) electrons. The lowest BCUT2D eigenvalue weighted by Gasteiger charge is -2.53. The average molecular weight is 821 g/mol. The summed E-state index contributed by atoms with van der Waals surface area (Å²) in [5.74, 6) is 6.14. The summed E-state index contributed by atoms with van der Waals surface area (Å²) < 4.78 is 17.7. The molecule has 6 aromatic carbocycles. The number of benzene rings is 6. The van der Waals surface area contributed by atoms with E-state index >= 15 is 0 Å². The molecule has 10 nitrogen and oxygen atoms in total. The van der Waals surface area contributed by atoms with Gasteiger partial charge in [-0.05, 0) is 39.3 Å². The van der Waals surface area contributed by atoms with Crippen molar-refractivity contribution in [2.45, 2.75) is 41.8 Å². The van der Waals surface area contributed by atoms with Gasteiger partial charge in [0.15, 0.2) is 12.5 Å². The highest BCUT2D eigenvalue weighted by molar-refractivity contribution is 5.92. The molecule has 2 aliphatic rings. The number of amides is 2. The minimum Gasteiger partial charge on any atom is -0.459 e. The van der Waals surface area contributed by atoms with E-state index in [0.717, 1.165) is 33.4 Å². The molecule has 0 bridgehead atoms. The van der Waals surface area contributed by atoms with E-state index in [0.29, 0.717) is 0 Å². The number of rotatable bonds is 15. The Bertz CT molecular complexity index is 2390. The summed E-state index contributed by atoms with van der Waals surface area (Å²) in [6.45, 7) is -0.156. The molecule has 1 unspecified atom stereocenters. The fourth-order valence-electron chi connectivity index (χ4n) is 8.36. The van der Waals surface area contributed by atoms with Gasteiger partial charge in [0.1, 0.15) is 18.7 Å². The molecule has 5 atom stereocenters. The van der Waals surface area contributed by atoms with Gasteiger partial charge in [-0.3, -0.25) is 25.1 Å². The Morgan fingerprint density at radius 1 is 0.645 bits per heavy atom. The van der Waals surface area contributed by atoms with Gasteiger partial charge >= 0.3 is 5.97 Å². The molecule has 0 aromatic heterocycles. The van der Waals surface area contributed by atoms with Gasteiger partial charge < -0.3 is 19.5 Å². The lowest BCUT2D eigenvalue weighted by molar-refractivity contribution is -0.222. The Labute approximate surface area is 361 Å². The number of hydrogen-bond donors (Lipinski definition) is 3. The van der Waals surface area contributed by atoms with E-state index in [1.807, 2.05) is 182 Å². The lowest BCUT2D eigenvalue weighted by Crippen LogP contribution is -2.78. The third-order valence-electron chi connectivity index (χ3n) is 11.3. The van der Waals surface area contributed by atoms with Crippen LogP contribution >= 0.6 is 0 Å². The molecule has 2 saturated heterocycles. The highest BCUT2D eigenvalue weighted by atomic mass is 16.6. The number of ether oxygens (including phenoxy) is 3. The van der Waals surface area contributed by atoms with Crippen molar-refractivity contribution < 1.29 is 28.6 Å². The van der Waals surface area contributed by atoms with Gasteiger partial charge in [-0.2, -0.15) is 0 Å². The minimum absolute atomic E-state index is 0.156. The third-order valence-corrected chi connectivity index (χ3v) is 11.3. The zero-order chi connectivity index (χ0) is 42.9. The maximum Gasteiger partial charge on any atom is 0.384 e. The Morgan fingerprint density at radius 3 is 1.35 bits per heavy atom. The third kappa shape index (κ3) is 7.88. The van der Waals surface area contributed by atoms with Crippen molar-refractivity contribution in [3.63, 3.8) is 0 Å². The summed E-state index contributed by atoms with van der Waals surface area (Å²) in [5, 5.41) is 10.2. The molecule has 0 aliphatic carbocycles. The first kappa shape index (κ1) is 41.4. The number of terminal acetylenes is 1. The van der Waals surface area contributed by atoms with Crippen molar-refractivity contribution in [2.75, 3.05) is 13.7 Å². The molecule has 2 fully saturated rings. The highest BCUT2D eigenvalue weighted by Gasteiger charge is 2.57. The van der Waals surface area contributed by atoms with Crippen molar-refractivity contribution in [1.82, 2.24) is 20.9 Å². The van der Waals surface area contributed by atoms with Gasteiger partial charge in [0.25, 0.3) is 0 Å². The Balaban J connectivity index is 1.17. The first-order valence-corrected chi connectivity index (χ1v) is 20.2. The first-order valence-electron chi connectivity index (χ1n) is 20.2. The number of nitrogens with one attached hydrogen (secondary N) is 3. The molecule has 2 aliphatic heterocycles. The Kier molecular flexibility index (Phi) is 12.4. The molecule has 2 heterocycles. The smallest absolute Gasteiger partial charge is 0.384 e. The molecule has 6 aromatic rings. The molecule has 2 amide bonds. The molecule has 62 heavy (non-hydrogen) atoms. The zero-order valence-corrected chi connectivity index (χ0v) is 33.9. The van der Waals surface area contributed by atoms with Crippen LogP contribution in [0.3, 0.4) is 0 Å². The SMILES string of the molecule is C#CCO[C@H]1[C@H](NC(c2ccccc2)(c2ccccc2)c2ccccc2)C(=O)N1C(C#CC(=O)OC)O[C@@H]1NC(=O)[C@H]1NC(c1ccccc1)(c1ccccc1)c1ccccc1. The lowest BCUT2D eigenvalue weighted by atomic mass is 9.76. The number of hydrogen-bond acceptors (Lipinski definition) is 8. The number of nitrogens with zero attached hydrogens (tertiary/aromatic N) is 1. The Hall–Kier alpha value is -7.31. The second-order valence-corrected chi connectivity index (χ2v) is 14.8. The summed E-state index contributed by atoms with van der Waals surface area (Å²) in [6, 6.07) is 57.1. The normalized spacial score (nSPS) is 18.7. The van der Waals surface area contributed by atoms with Crippen LogP contribution in [0, 0.1) is 24.2 Å². The van der Waals surface area contributed by atoms with E-state index in [9.17, 15) is 14.4 Å². The molecular formula is C52H44N4O6. The predicted molar refractivity (Wildman–Crippen MR) is 234 cm³/mol. The van der Waals surface area contributed by atoms with Crippen molar-refractivity contribution in [1.29, 1.82) is 0 Å². The summed E-state index contributed by atoms with van der Waals surface area (Å²) in [7, 11) is 1.21. The second-order valence-electron chi connectivity index (χ2n) is 14.8. The standard InChI is InChI=1S/C52H44N4O6/c1-3-36-61-50-46(55-52(40-28-16-7-17-29-40,41-30-18-8-19-31-41)42-32-20-9-21-33-42)49(59)56(50)43(34-35-44(57)60-2)62-48-45(47(58)53-48)54-51(37-22-10-4-11-23-37,38-24-12-5-13-25-38)39-26-14-6-15-27-39/h1,4-33,43,45-46,48,50,54-55H,36H2,2H3,(H,53,58)/t43?,45-,46-,48+,50+/m1/s1. The van der Waals surface area contributed by atoms with E-state index < -0.39 is 53.7 Å². The maximum absolute atomic E-state index is 14.8. The van der Waals surface area contributed by atoms with Crippen LogP contribution in [-0.4, -0.2) is 67.2 Å². The fourth-order valence-corrected chi connectivity index (χ4v) is 8.36. The summed E-state index contributed by atoms with van der Waals surface area (Å²) in [6.07, 6.45) is 2.28. The number of β-lactam (4-membered cyclic amide) rings is 2. The highest BCUT2D eigenvalue weighted by Crippen LogP contribution is 2.41. The van der Waals surface area contributed by atoms with Gasteiger partial charge in [0.05, 0.1) is 18.2 Å². The molecule has 0 spiro atoms. The number of likely N-dealkylation sites (tertiary alicyclic amines) is 1. The Morgan fingerprint density at radius 2 is 1.02 bits per heavy atom. The second kappa shape index (κ2) is 18.5. The molecule has 8 rings (SSSR count). The van der Waals surface area contributed by atoms with E-state index in [4.69, 9.17) is 20.6 Å². The van der Waals surface area contributed by atoms with E-state index in [-0.39, 0.29) is 12.5 Å². The molecular weight excluding hydrogens is 777 g/mol. The maximum atomic E-state index is 14.8. The summed E-state index contributed by atoms with van der Waals surface area (Å²) >= 11 is 0. The largest absolute Gasteiger partial charge is 0.459 e. The van der Waals surface area contributed by atoms with Crippen molar-refractivity contribution >= 4 is 17.8 Å². The molecule has 3 N–H and O–H groups in total. The topological polar surface area (TPSA) is 118 Å². The van der Waals surface area contributed by atoms with E-state index in [1.165, 1.54) is 12.0 Å². The van der Waals surface area contributed by atoms with Crippen LogP contribution in [0.1, 0.15) is 33.4 Å².